The van der Waals surface area contributed by atoms with Gasteiger partial charge in [0.15, 0.2) is 0 Å². The number of allylic oxidation sites excluding steroid dienone is 4. The van der Waals surface area contributed by atoms with Crippen LogP contribution in [0.3, 0.4) is 0 Å². The normalized spacial score (nSPS) is 14.0. The lowest BCUT2D eigenvalue weighted by Gasteiger charge is -2.15. The molecule has 112 valence electrons. The van der Waals surface area contributed by atoms with E-state index < -0.39 is 17.2 Å². The standard InChI is InChI=1S/C17H14F2N2O/c1-10-14(11-6-3-2-4-7-11)16(17(22)21-20-10)15-12(18)8-5-9-13(15)19/h3,5-9H,2,4H2,1H3,(H,21,22). The van der Waals surface area contributed by atoms with Gasteiger partial charge < -0.3 is 0 Å². The lowest BCUT2D eigenvalue weighted by atomic mass is 9.91. The number of hydrogen-bond donors (Lipinski definition) is 1. The summed E-state index contributed by atoms with van der Waals surface area (Å²) in [6.07, 6.45) is 7.50. The van der Waals surface area contributed by atoms with Crippen molar-refractivity contribution in [2.75, 3.05) is 0 Å². The first-order valence-electron chi connectivity index (χ1n) is 7.00. The maximum atomic E-state index is 14.1. The molecule has 0 saturated heterocycles. The first kappa shape index (κ1) is 14.4. The van der Waals surface area contributed by atoms with E-state index in [1.807, 2.05) is 18.2 Å². The Bertz CT molecular complexity index is 830. The second-order valence-electron chi connectivity index (χ2n) is 5.12. The molecule has 22 heavy (non-hydrogen) atoms. The largest absolute Gasteiger partial charge is 0.272 e. The molecule has 0 unspecified atom stereocenters. The van der Waals surface area contributed by atoms with Crippen LogP contribution in [0.1, 0.15) is 24.1 Å². The Kier molecular flexibility index (Phi) is 3.71. The molecule has 0 saturated carbocycles. The van der Waals surface area contributed by atoms with E-state index in [0.29, 0.717) is 11.3 Å². The highest BCUT2D eigenvalue weighted by Crippen LogP contribution is 2.33. The Balaban J connectivity index is 2.37. The van der Waals surface area contributed by atoms with E-state index in [1.54, 1.807) is 6.92 Å². The minimum Gasteiger partial charge on any atom is -0.267 e. The van der Waals surface area contributed by atoms with E-state index in [-0.39, 0.29) is 11.1 Å². The van der Waals surface area contributed by atoms with Crippen LogP contribution in [0.5, 0.6) is 0 Å². The van der Waals surface area contributed by atoms with Crippen LogP contribution < -0.4 is 5.56 Å². The highest BCUT2D eigenvalue weighted by atomic mass is 19.1. The third-order valence-corrected chi connectivity index (χ3v) is 3.66. The van der Waals surface area contributed by atoms with Gasteiger partial charge in [-0.1, -0.05) is 24.3 Å². The molecule has 1 aromatic carbocycles. The zero-order valence-corrected chi connectivity index (χ0v) is 12.0. The third-order valence-electron chi connectivity index (χ3n) is 3.66. The van der Waals surface area contributed by atoms with E-state index >= 15 is 0 Å². The van der Waals surface area contributed by atoms with Crippen LogP contribution in [-0.4, -0.2) is 10.2 Å². The molecule has 0 fully saturated rings. The van der Waals surface area contributed by atoms with Crippen molar-refractivity contribution < 1.29 is 8.78 Å². The van der Waals surface area contributed by atoms with Gasteiger partial charge in [0, 0.05) is 5.56 Å². The number of rotatable bonds is 2. The van der Waals surface area contributed by atoms with Gasteiger partial charge in [0.05, 0.1) is 16.8 Å². The van der Waals surface area contributed by atoms with E-state index in [4.69, 9.17) is 0 Å². The van der Waals surface area contributed by atoms with Crippen LogP contribution in [0.25, 0.3) is 16.7 Å². The SMILES string of the molecule is Cc1n[nH]c(=O)c(-c2c(F)cccc2F)c1C1=CCCC=C1. The monoisotopic (exact) mass is 300 g/mol. The zero-order chi connectivity index (χ0) is 15.7. The van der Waals surface area contributed by atoms with Gasteiger partial charge in [-0.15, -0.1) is 0 Å². The van der Waals surface area contributed by atoms with Crippen molar-refractivity contribution in [2.45, 2.75) is 19.8 Å². The fourth-order valence-corrected chi connectivity index (χ4v) is 2.67. The molecule has 3 rings (SSSR count). The minimum absolute atomic E-state index is 0.0131. The Morgan fingerprint density at radius 1 is 1.09 bits per heavy atom. The molecular formula is C17H14F2N2O. The lowest BCUT2D eigenvalue weighted by molar-refractivity contribution is 0.589. The van der Waals surface area contributed by atoms with Gasteiger partial charge in [0.2, 0.25) is 0 Å². The van der Waals surface area contributed by atoms with Gasteiger partial charge in [0.1, 0.15) is 11.6 Å². The highest BCUT2D eigenvalue weighted by Gasteiger charge is 2.22. The number of benzene rings is 1. The molecule has 3 nitrogen and oxygen atoms in total. The van der Waals surface area contributed by atoms with Gasteiger partial charge in [-0.3, -0.25) is 4.79 Å². The molecule has 2 aromatic rings. The zero-order valence-electron chi connectivity index (χ0n) is 12.0. The minimum atomic E-state index is -0.766. The van der Waals surface area contributed by atoms with Crippen molar-refractivity contribution in [3.63, 3.8) is 0 Å². The second-order valence-corrected chi connectivity index (χ2v) is 5.12. The Labute approximate surface area is 126 Å². The molecule has 0 spiro atoms. The van der Waals surface area contributed by atoms with Crippen molar-refractivity contribution in [3.05, 3.63) is 69.7 Å². The molecule has 0 amide bonds. The fourth-order valence-electron chi connectivity index (χ4n) is 2.67. The van der Waals surface area contributed by atoms with Crippen LogP contribution in [0.15, 0.2) is 41.2 Å². The smallest absolute Gasteiger partial charge is 0.267 e. The van der Waals surface area contributed by atoms with E-state index in [0.717, 1.165) is 30.5 Å². The lowest BCUT2D eigenvalue weighted by Crippen LogP contribution is -2.17. The number of halogens is 2. The van der Waals surface area contributed by atoms with Crippen molar-refractivity contribution in [1.29, 1.82) is 0 Å². The van der Waals surface area contributed by atoms with E-state index in [1.165, 1.54) is 6.07 Å². The topological polar surface area (TPSA) is 45.8 Å². The highest BCUT2D eigenvalue weighted by molar-refractivity contribution is 5.86. The summed E-state index contributed by atoms with van der Waals surface area (Å²) in [5, 5.41) is 6.25. The number of aryl methyl sites for hydroxylation is 1. The van der Waals surface area contributed by atoms with Crippen LogP contribution in [0.4, 0.5) is 8.78 Å². The van der Waals surface area contributed by atoms with Crippen molar-refractivity contribution in [3.8, 4) is 11.1 Å². The summed E-state index contributed by atoms with van der Waals surface area (Å²) in [5.41, 5.74) is 0.827. The Hall–Kier alpha value is -2.56. The van der Waals surface area contributed by atoms with E-state index in [2.05, 4.69) is 10.2 Å². The average Bonchev–Trinajstić information content (AvgIpc) is 2.51. The quantitative estimate of drug-likeness (QED) is 0.918. The molecule has 1 heterocycles. The third kappa shape index (κ3) is 2.39. The summed E-state index contributed by atoms with van der Waals surface area (Å²) < 4.78 is 28.3. The van der Waals surface area contributed by atoms with Gasteiger partial charge in [-0.05, 0) is 37.5 Å². The van der Waals surface area contributed by atoms with Gasteiger partial charge in [-0.2, -0.15) is 5.10 Å². The molecule has 0 aliphatic heterocycles. The fraction of sp³-hybridized carbons (Fsp3) is 0.176. The van der Waals surface area contributed by atoms with Crippen LogP contribution in [-0.2, 0) is 0 Å². The second kappa shape index (κ2) is 5.67. The molecule has 1 N–H and O–H groups in total. The number of nitrogens with zero attached hydrogens (tertiary/aromatic N) is 1. The van der Waals surface area contributed by atoms with Crippen molar-refractivity contribution in [1.82, 2.24) is 10.2 Å². The summed E-state index contributed by atoms with van der Waals surface area (Å²) >= 11 is 0. The maximum Gasteiger partial charge on any atom is 0.272 e. The average molecular weight is 300 g/mol. The Morgan fingerprint density at radius 2 is 1.82 bits per heavy atom. The summed E-state index contributed by atoms with van der Waals surface area (Å²) in [4.78, 5) is 12.2. The number of aromatic nitrogens is 2. The van der Waals surface area contributed by atoms with E-state index in [9.17, 15) is 13.6 Å². The Morgan fingerprint density at radius 3 is 2.45 bits per heavy atom. The first-order chi connectivity index (χ1) is 10.6. The predicted octanol–water partition coefficient (Wildman–Crippen LogP) is 3.76. The predicted molar refractivity (Wildman–Crippen MR) is 81.3 cm³/mol. The van der Waals surface area contributed by atoms with Crippen LogP contribution in [0.2, 0.25) is 0 Å². The number of aromatic amines is 1. The van der Waals surface area contributed by atoms with Crippen molar-refractivity contribution >= 4 is 5.57 Å². The number of H-pyrrole nitrogens is 1. The maximum absolute atomic E-state index is 14.1. The first-order valence-corrected chi connectivity index (χ1v) is 7.00. The number of nitrogens with one attached hydrogen (secondary N) is 1. The van der Waals surface area contributed by atoms with Gasteiger partial charge >= 0.3 is 0 Å². The molecule has 1 aliphatic rings. The van der Waals surface area contributed by atoms with Crippen LogP contribution in [0, 0.1) is 18.6 Å². The van der Waals surface area contributed by atoms with Gasteiger partial charge in [0.25, 0.3) is 5.56 Å². The molecule has 1 aromatic heterocycles. The summed E-state index contributed by atoms with van der Waals surface area (Å²) in [5.74, 6) is -1.53. The molecule has 0 radical (unpaired) electrons. The molecule has 0 bridgehead atoms. The molecule has 5 heteroatoms. The van der Waals surface area contributed by atoms with Crippen LogP contribution >= 0.6 is 0 Å². The molecular weight excluding hydrogens is 286 g/mol. The summed E-state index contributed by atoms with van der Waals surface area (Å²) in [6, 6.07) is 3.56. The summed E-state index contributed by atoms with van der Waals surface area (Å²) in [6.45, 7) is 1.71. The summed E-state index contributed by atoms with van der Waals surface area (Å²) in [7, 11) is 0. The number of hydrogen-bond acceptors (Lipinski definition) is 2. The van der Waals surface area contributed by atoms with Gasteiger partial charge in [-0.25, -0.2) is 13.9 Å². The van der Waals surface area contributed by atoms with Crippen molar-refractivity contribution in [2.24, 2.45) is 0 Å². The molecule has 0 atom stereocenters. The molecule has 1 aliphatic carbocycles.